The summed E-state index contributed by atoms with van der Waals surface area (Å²) in [5, 5.41) is 13.2. The number of anilines is 1. The van der Waals surface area contributed by atoms with Crippen LogP contribution in [0, 0.1) is 11.7 Å². The zero-order chi connectivity index (χ0) is 12.3. The molecular formula is C13H19FN2O. The van der Waals surface area contributed by atoms with Crippen LogP contribution in [0.1, 0.15) is 32.6 Å². The van der Waals surface area contributed by atoms with Gasteiger partial charge >= 0.3 is 0 Å². The molecule has 0 saturated heterocycles. The zero-order valence-corrected chi connectivity index (χ0v) is 10.1. The van der Waals surface area contributed by atoms with Crippen molar-refractivity contribution in [3.05, 3.63) is 24.1 Å². The lowest BCUT2D eigenvalue weighted by molar-refractivity contribution is 0.0141. The Balaban J connectivity index is 1.95. The molecule has 1 aromatic heterocycles. The first kappa shape index (κ1) is 12.3. The second-order valence-electron chi connectivity index (χ2n) is 5.03. The number of pyridine rings is 1. The Kier molecular flexibility index (Phi) is 3.62. The third-order valence-electron chi connectivity index (χ3n) is 3.61. The number of nitrogens with zero attached hydrogens (tertiary/aromatic N) is 1. The Hall–Kier alpha value is -1.16. The van der Waals surface area contributed by atoms with Gasteiger partial charge in [-0.25, -0.2) is 9.37 Å². The molecule has 0 amide bonds. The first-order valence-corrected chi connectivity index (χ1v) is 6.16. The molecule has 2 rings (SSSR count). The van der Waals surface area contributed by atoms with E-state index in [2.05, 4.69) is 10.3 Å². The first-order chi connectivity index (χ1) is 8.09. The van der Waals surface area contributed by atoms with E-state index in [9.17, 15) is 9.50 Å². The van der Waals surface area contributed by atoms with E-state index < -0.39 is 5.60 Å². The highest BCUT2D eigenvalue weighted by atomic mass is 19.1. The van der Waals surface area contributed by atoms with Crippen molar-refractivity contribution in [3.8, 4) is 0 Å². The van der Waals surface area contributed by atoms with Gasteiger partial charge in [-0.15, -0.1) is 0 Å². The summed E-state index contributed by atoms with van der Waals surface area (Å²) in [5.41, 5.74) is -0.791. The molecule has 0 radical (unpaired) electrons. The second-order valence-corrected chi connectivity index (χ2v) is 5.03. The summed E-state index contributed by atoms with van der Waals surface area (Å²) < 4.78 is 13.3. The van der Waals surface area contributed by atoms with Crippen molar-refractivity contribution >= 4 is 5.82 Å². The largest absolute Gasteiger partial charge is 0.388 e. The molecule has 2 N–H and O–H groups in total. The minimum absolute atomic E-state index is 0.214. The van der Waals surface area contributed by atoms with Gasteiger partial charge in [0, 0.05) is 12.7 Å². The van der Waals surface area contributed by atoms with Crippen LogP contribution < -0.4 is 5.32 Å². The lowest BCUT2D eigenvalue weighted by atomic mass is 9.88. The summed E-state index contributed by atoms with van der Waals surface area (Å²) in [5.74, 6) is 0.141. The Labute approximate surface area is 101 Å². The molecule has 4 heteroatoms. The summed E-state index contributed by atoms with van der Waals surface area (Å²) in [6, 6.07) is 2.91. The minimum Gasteiger partial charge on any atom is -0.388 e. The van der Waals surface area contributed by atoms with Crippen LogP contribution in [0.5, 0.6) is 0 Å². The standard InChI is InChI=1S/C13H19FN2O/c1-13(17,10-5-2-3-6-10)9-16-12-11(14)7-4-8-15-12/h4,7-8,10,17H,2-3,5-6,9H2,1H3,(H,15,16)/t13-/m0/s1. The molecule has 1 atom stereocenters. The zero-order valence-electron chi connectivity index (χ0n) is 10.1. The van der Waals surface area contributed by atoms with E-state index in [0.29, 0.717) is 12.5 Å². The third kappa shape index (κ3) is 2.94. The Morgan fingerprint density at radius 3 is 2.88 bits per heavy atom. The second kappa shape index (κ2) is 5.00. The van der Waals surface area contributed by atoms with Crippen LogP contribution in [-0.2, 0) is 0 Å². The van der Waals surface area contributed by atoms with Gasteiger partial charge in [0.1, 0.15) is 0 Å². The summed E-state index contributed by atoms with van der Waals surface area (Å²) in [6.45, 7) is 2.16. The average molecular weight is 238 g/mol. The predicted octanol–water partition coefficient (Wildman–Crippen LogP) is 2.57. The van der Waals surface area contributed by atoms with E-state index in [-0.39, 0.29) is 11.6 Å². The fraction of sp³-hybridized carbons (Fsp3) is 0.615. The molecule has 1 aliphatic rings. The van der Waals surface area contributed by atoms with Gasteiger partial charge in [-0.05, 0) is 37.8 Å². The maximum atomic E-state index is 13.3. The van der Waals surface area contributed by atoms with Crippen LogP contribution in [0.4, 0.5) is 10.2 Å². The fourth-order valence-corrected chi connectivity index (χ4v) is 2.47. The van der Waals surface area contributed by atoms with Gasteiger partial charge in [0.2, 0.25) is 0 Å². The summed E-state index contributed by atoms with van der Waals surface area (Å²) in [6.07, 6.45) is 6.01. The van der Waals surface area contributed by atoms with E-state index in [1.807, 2.05) is 6.92 Å². The SMILES string of the molecule is C[C@](O)(CNc1ncccc1F)C1CCCC1. The molecule has 1 fully saturated rings. The maximum Gasteiger partial charge on any atom is 0.165 e. The van der Waals surface area contributed by atoms with Crippen LogP contribution in [0.15, 0.2) is 18.3 Å². The van der Waals surface area contributed by atoms with Gasteiger partial charge in [-0.2, -0.15) is 0 Å². The smallest absolute Gasteiger partial charge is 0.165 e. The van der Waals surface area contributed by atoms with Crippen LogP contribution in [0.25, 0.3) is 0 Å². The van der Waals surface area contributed by atoms with Crippen LogP contribution >= 0.6 is 0 Å². The average Bonchev–Trinajstić information content (AvgIpc) is 2.82. The molecule has 17 heavy (non-hydrogen) atoms. The molecule has 1 heterocycles. The molecule has 1 saturated carbocycles. The molecule has 3 nitrogen and oxygen atoms in total. The highest BCUT2D eigenvalue weighted by molar-refractivity contribution is 5.35. The minimum atomic E-state index is -0.791. The molecule has 94 valence electrons. The van der Waals surface area contributed by atoms with Gasteiger partial charge < -0.3 is 10.4 Å². The highest BCUT2D eigenvalue weighted by Gasteiger charge is 2.33. The molecule has 0 aromatic carbocycles. The molecule has 1 aliphatic carbocycles. The fourth-order valence-electron chi connectivity index (χ4n) is 2.47. The van der Waals surface area contributed by atoms with Crippen molar-refractivity contribution in [2.24, 2.45) is 5.92 Å². The molecule has 1 aromatic rings. The summed E-state index contributed by atoms with van der Waals surface area (Å²) in [7, 11) is 0. The van der Waals surface area contributed by atoms with Crippen molar-refractivity contribution in [3.63, 3.8) is 0 Å². The number of hydrogen-bond acceptors (Lipinski definition) is 3. The van der Waals surface area contributed by atoms with Crippen molar-refractivity contribution in [1.82, 2.24) is 4.98 Å². The molecule has 0 unspecified atom stereocenters. The van der Waals surface area contributed by atoms with E-state index in [0.717, 1.165) is 12.8 Å². The Morgan fingerprint density at radius 2 is 2.24 bits per heavy atom. The monoisotopic (exact) mass is 238 g/mol. The van der Waals surface area contributed by atoms with E-state index in [1.165, 1.54) is 25.1 Å². The van der Waals surface area contributed by atoms with E-state index >= 15 is 0 Å². The van der Waals surface area contributed by atoms with Gasteiger partial charge in [0.05, 0.1) is 5.60 Å². The summed E-state index contributed by atoms with van der Waals surface area (Å²) >= 11 is 0. The normalized spacial score (nSPS) is 20.2. The van der Waals surface area contributed by atoms with Gasteiger partial charge in [0.15, 0.2) is 11.6 Å². The molecule has 0 spiro atoms. The van der Waals surface area contributed by atoms with E-state index in [4.69, 9.17) is 0 Å². The van der Waals surface area contributed by atoms with E-state index in [1.54, 1.807) is 6.07 Å². The molecule has 0 aliphatic heterocycles. The quantitative estimate of drug-likeness (QED) is 0.847. The van der Waals surface area contributed by atoms with Crippen LogP contribution in [0.2, 0.25) is 0 Å². The molecular weight excluding hydrogens is 219 g/mol. The van der Waals surface area contributed by atoms with Crippen molar-refractivity contribution < 1.29 is 9.50 Å². The maximum absolute atomic E-state index is 13.3. The van der Waals surface area contributed by atoms with Gasteiger partial charge in [-0.1, -0.05) is 12.8 Å². The number of nitrogens with one attached hydrogen (secondary N) is 1. The van der Waals surface area contributed by atoms with Crippen LogP contribution in [-0.4, -0.2) is 22.2 Å². The van der Waals surface area contributed by atoms with Gasteiger partial charge in [-0.3, -0.25) is 0 Å². The first-order valence-electron chi connectivity index (χ1n) is 6.16. The Bertz CT molecular complexity index is 375. The number of aliphatic hydroxyl groups is 1. The number of aromatic nitrogens is 1. The number of hydrogen-bond donors (Lipinski definition) is 2. The highest BCUT2D eigenvalue weighted by Crippen LogP contribution is 2.34. The van der Waals surface area contributed by atoms with Crippen LogP contribution in [0.3, 0.4) is 0 Å². The molecule has 0 bridgehead atoms. The topological polar surface area (TPSA) is 45.1 Å². The van der Waals surface area contributed by atoms with Gasteiger partial charge in [0.25, 0.3) is 0 Å². The number of halogens is 1. The lowest BCUT2D eigenvalue weighted by Crippen LogP contribution is -2.40. The van der Waals surface area contributed by atoms with Crippen molar-refractivity contribution in [2.45, 2.75) is 38.2 Å². The lowest BCUT2D eigenvalue weighted by Gasteiger charge is -2.30. The van der Waals surface area contributed by atoms with Crippen molar-refractivity contribution in [2.75, 3.05) is 11.9 Å². The van der Waals surface area contributed by atoms with Crippen molar-refractivity contribution in [1.29, 1.82) is 0 Å². The Morgan fingerprint density at radius 1 is 1.53 bits per heavy atom. The summed E-state index contributed by atoms with van der Waals surface area (Å²) in [4.78, 5) is 3.91. The number of rotatable bonds is 4. The predicted molar refractivity (Wildman–Crippen MR) is 65.3 cm³/mol. The third-order valence-corrected chi connectivity index (χ3v) is 3.61.